The molecule has 1 aromatic carbocycles. The average molecular weight is 436 g/mol. The molecular formula is C24H25N3O3S. The number of aromatic nitrogens is 2. The van der Waals surface area contributed by atoms with Crippen LogP contribution in [0.15, 0.2) is 42.1 Å². The van der Waals surface area contributed by atoms with Crippen LogP contribution in [0.5, 0.6) is 0 Å². The first-order chi connectivity index (χ1) is 14.7. The Bertz CT molecular complexity index is 1250. The van der Waals surface area contributed by atoms with Gasteiger partial charge in [-0.3, -0.25) is 4.68 Å². The number of fused-ring (bicyclic) bond motifs is 3. The third-order valence-electron chi connectivity index (χ3n) is 7.42. The molecule has 1 saturated heterocycles. The summed E-state index contributed by atoms with van der Waals surface area (Å²) in [4.78, 5) is 16.2. The van der Waals surface area contributed by atoms with Gasteiger partial charge in [-0.1, -0.05) is 50.3 Å². The summed E-state index contributed by atoms with van der Waals surface area (Å²) in [5, 5.41) is 5.05. The second-order valence-electron chi connectivity index (χ2n) is 9.27. The van der Waals surface area contributed by atoms with Gasteiger partial charge >= 0.3 is 0 Å². The molecule has 31 heavy (non-hydrogen) atoms. The minimum absolute atomic E-state index is 0.0782. The topological polar surface area (TPSA) is 73.4 Å². The molecule has 0 spiro atoms. The summed E-state index contributed by atoms with van der Waals surface area (Å²) in [7, 11) is -3.07. The quantitative estimate of drug-likeness (QED) is 0.674. The maximum atomic E-state index is 12.7. The first-order valence-corrected chi connectivity index (χ1v) is 12.6. The SMILES string of the molecule is [C-]#[N+]C1=C[C@@]2(C)c3nn(C4CCS(=O)(=O)C4)c(-c4ccccc4)c3CC[C@@H]2[C@@H](C)C1=O. The highest BCUT2D eigenvalue weighted by Crippen LogP contribution is 2.52. The molecule has 0 saturated carbocycles. The number of rotatable bonds is 2. The molecule has 1 aromatic heterocycles. The Kier molecular flexibility index (Phi) is 4.49. The fraction of sp³-hybridized carbons (Fsp3) is 0.458. The summed E-state index contributed by atoms with van der Waals surface area (Å²) >= 11 is 0. The van der Waals surface area contributed by atoms with E-state index in [9.17, 15) is 13.2 Å². The molecule has 160 valence electrons. The van der Waals surface area contributed by atoms with Crippen molar-refractivity contribution in [2.75, 3.05) is 11.5 Å². The van der Waals surface area contributed by atoms with Crippen molar-refractivity contribution in [3.05, 3.63) is 64.8 Å². The normalized spacial score (nSPS) is 31.5. The molecule has 0 radical (unpaired) electrons. The highest BCUT2D eigenvalue weighted by molar-refractivity contribution is 7.91. The number of allylic oxidation sites excluding steroid dienone is 2. The van der Waals surface area contributed by atoms with E-state index in [4.69, 9.17) is 11.7 Å². The molecular weight excluding hydrogens is 410 g/mol. The lowest BCUT2D eigenvalue weighted by Gasteiger charge is -2.44. The van der Waals surface area contributed by atoms with Gasteiger partial charge < -0.3 is 4.79 Å². The molecule has 2 aromatic rings. The smallest absolute Gasteiger partial charge is 0.226 e. The molecule has 3 aliphatic rings. The summed E-state index contributed by atoms with van der Waals surface area (Å²) in [5.74, 6) is 0.0575. The number of carbonyl (C=O) groups is 1. The van der Waals surface area contributed by atoms with Crippen LogP contribution in [-0.2, 0) is 26.5 Å². The molecule has 7 heteroatoms. The second-order valence-corrected chi connectivity index (χ2v) is 11.5. The predicted molar refractivity (Wildman–Crippen MR) is 118 cm³/mol. The monoisotopic (exact) mass is 435 g/mol. The first kappa shape index (κ1) is 20.2. The number of benzene rings is 1. The lowest BCUT2D eigenvalue weighted by atomic mass is 9.58. The Balaban J connectivity index is 1.75. The number of hydrogen-bond donors (Lipinski definition) is 0. The summed E-state index contributed by atoms with van der Waals surface area (Å²) in [6.45, 7) is 11.5. The molecule has 1 unspecified atom stereocenters. The van der Waals surface area contributed by atoms with Crippen LogP contribution in [0.2, 0.25) is 0 Å². The van der Waals surface area contributed by atoms with Crippen molar-refractivity contribution >= 4 is 15.6 Å². The number of nitrogens with zero attached hydrogens (tertiary/aromatic N) is 3. The van der Waals surface area contributed by atoms with E-state index in [1.54, 1.807) is 0 Å². The van der Waals surface area contributed by atoms with Gasteiger partial charge in [0.05, 0.1) is 35.5 Å². The number of hydrogen-bond acceptors (Lipinski definition) is 4. The van der Waals surface area contributed by atoms with E-state index < -0.39 is 15.3 Å². The van der Waals surface area contributed by atoms with Gasteiger partial charge in [-0.2, -0.15) is 5.10 Å². The molecule has 0 N–H and O–H groups in total. The molecule has 1 aliphatic heterocycles. The van der Waals surface area contributed by atoms with E-state index in [0.29, 0.717) is 6.42 Å². The summed E-state index contributed by atoms with van der Waals surface area (Å²) < 4.78 is 26.4. The van der Waals surface area contributed by atoms with Gasteiger partial charge in [-0.25, -0.2) is 13.3 Å². The van der Waals surface area contributed by atoms with Crippen molar-refractivity contribution in [2.45, 2.75) is 44.6 Å². The van der Waals surface area contributed by atoms with E-state index in [1.165, 1.54) is 0 Å². The van der Waals surface area contributed by atoms with Crippen molar-refractivity contribution in [3.8, 4) is 11.3 Å². The summed E-state index contributed by atoms with van der Waals surface area (Å²) in [6, 6.07) is 9.82. The van der Waals surface area contributed by atoms with E-state index in [-0.39, 0.29) is 40.9 Å². The van der Waals surface area contributed by atoms with Gasteiger partial charge in [0.25, 0.3) is 0 Å². The maximum absolute atomic E-state index is 12.7. The van der Waals surface area contributed by atoms with Crippen molar-refractivity contribution in [2.24, 2.45) is 11.8 Å². The largest absolute Gasteiger partial charge is 0.308 e. The highest BCUT2D eigenvalue weighted by atomic mass is 32.2. The standard InChI is InChI=1S/C24H25N3O3S/c1-15-19-10-9-18-21(16-7-5-4-6-8-16)27(17-11-12-31(29,30)14-17)26-23(18)24(19,2)13-20(25-3)22(15)28/h4-8,13,15,17,19H,9-12,14H2,1-2H3/t15-,17?,19-,24-/m1/s1. The zero-order chi connectivity index (χ0) is 22.0. The fourth-order valence-electron chi connectivity index (χ4n) is 5.85. The van der Waals surface area contributed by atoms with E-state index in [0.717, 1.165) is 35.4 Å². The lowest BCUT2D eigenvalue weighted by Crippen LogP contribution is -2.45. The summed E-state index contributed by atoms with van der Waals surface area (Å²) in [5.41, 5.74) is 3.70. The Labute approximate surface area is 182 Å². The van der Waals surface area contributed by atoms with Crippen LogP contribution in [0.4, 0.5) is 0 Å². The Morgan fingerprint density at radius 2 is 1.97 bits per heavy atom. The molecule has 6 nitrogen and oxygen atoms in total. The van der Waals surface area contributed by atoms with Crippen LogP contribution in [-0.4, -0.2) is 35.5 Å². The molecule has 1 fully saturated rings. The second kappa shape index (κ2) is 6.89. The highest BCUT2D eigenvalue weighted by Gasteiger charge is 2.50. The first-order valence-electron chi connectivity index (χ1n) is 10.8. The van der Waals surface area contributed by atoms with Crippen LogP contribution in [0.3, 0.4) is 0 Å². The Morgan fingerprint density at radius 3 is 2.61 bits per heavy atom. The van der Waals surface area contributed by atoms with Crippen molar-refractivity contribution in [3.63, 3.8) is 0 Å². The van der Waals surface area contributed by atoms with Crippen molar-refractivity contribution in [1.82, 2.24) is 9.78 Å². The van der Waals surface area contributed by atoms with Crippen molar-refractivity contribution in [1.29, 1.82) is 0 Å². The van der Waals surface area contributed by atoms with E-state index >= 15 is 0 Å². The van der Waals surface area contributed by atoms with Crippen LogP contribution in [0.25, 0.3) is 16.1 Å². The molecule has 4 atom stereocenters. The molecule has 2 aliphatic carbocycles. The van der Waals surface area contributed by atoms with Crippen molar-refractivity contribution < 1.29 is 13.2 Å². The van der Waals surface area contributed by atoms with Gasteiger partial charge in [0.2, 0.25) is 5.70 Å². The minimum Gasteiger partial charge on any atom is -0.308 e. The average Bonchev–Trinajstić information content (AvgIpc) is 3.32. The minimum atomic E-state index is -3.07. The molecule has 2 heterocycles. The predicted octanol–water partition coefficient (Wildman–Crippen LogP) is 3.75. The molecule has 0 amide bonds. The number of carbonyl (C=O) groups excluding carboxylic acids is 1. The number of Topliss-reactive ketones (excluding diaryl/α,β-unsaturated/α-hetero) is 1. The molecule has 0 bridgehead atoms. The number of sulfone groups is 1. The van der Waals surface area contributed by atoms with Gasteiger partial charge in [0.1, 0.15) is 0 Å². The molecule has 5 rings (SSSR count). The third-order valence-corrected chi connectivity index (χ3v) is 9.17. The van der Waals surface area contributed by atoms with Crippen LogP contribution < -0.4 is 0 Å². The van der Waals surface area contributed by atoms with Crippen LogP contribution in [0, 0.1) is 18.4 Å². The lowest BCUT2D eigenvalue weighted by molar-refractivity contribution is -0.121. The van der Waals surface area contributed by atoms with Gasteiger partial charge in [0, 0.05) is 22.5 Å². The van der Waals surface area contributed by atoms with Crippen LogP contribution >= 0.6 is 0 Å². The van der Waals surface area contributed by atoms with Crippen LogP contribution in [0.1, 0.15) is 44.0 Å². The maximum Gasteiger partial charge on any atom is 0.226 e. The third kappa shape index (κ3) is 3.00. The number of ketones is 1. The van der Waals surface area contributed by atoms with Gasteiger partial charge in [-0.05, 0) is 25.2 Å². The summed E-state index contributed by atoms with van der Waals surface area (Å²) in [6.07, 6.45) is 4.01. The van der Waals surface area contributed by atoms with Gasteiger partial charge in [-0.15, -0.1) is 0 Å². The zero-order valence-electron chi connectivity index (χ0n) is 17.7. The Hall–Kier alpha value is -2.72. The van der Waals surface area contributed by atoms with Gasteiger partial charge in [0.15, 0.2) is 15.6 Å². The Morgan fingerprint density at radius 1 is 1.23 bits per heavy atom. The zero-order valence-corrected chi connectivity index (χ0v) is 18.5. The fourth-order valence-corrected chi connectivity index (χ4v) is 7.54. The van der Waals surface area contributed by atoms with E-state index in [2.05, 4.69) is 11.8 Å². The van der Waals surface area contributed by atoms with E-state index in [1.807, 2.05) is 48.0 Å².